The largest absolute Gasteiger partial charge is 0.497 e. The Bertz CT molecular complexity index is 1030. The van der Waals surface area contributed by atoms with Crippen LogP contribution in [0.15, 0.2) is 48.5 Å². The molecule has 5 nitrogen and oxygen atoms in total. The molecule has 186 valence electrons. The molecule has 1 unspecified atom stereocenters. The van der Waals surface area contributed by atoms with Crippen LogP contribution in [0.1, 0.15) is 67.3 Å². The first kappa shape index (κ1) is 23.1. The number of ether oxygens (including phenoxy) is 1. The second-order valence-electron chi connectivity index (χ2n) is 11.3. The summed E-state index contributed by atoms with van der Waals surface area (Å²) in [5, 5.41) is 0. The van der Waals surface area contributed by atoms with Crippen molar-refractivity contribution in [1.29, 1.82) is 0 Å². The van der Waals surface area contributed by atoms with Crippen LogP contribution in [0, 0.1) is 5.92 Å². The molecule has 2 saturated heterocycles. The third-order valence-electron chi connectivity index (χ3n) is 8.98. The Balaban J connectivity index is 1.24. The predicted molar refractivity (Wildman–Crippen MR) is 138 cm³/mol. The predicted octanol–water partition coefficient (Wildman–Crippen LogP) is 4.83. The van der Waals surface area contributed by atoms with E-state index in [-0.39, 0.29) is 11.7 Å². The van der Waals surface area contributed by atoms with Gasteiger partial charge in [-0.15, -0.1) is 0 Å². The highest BCUT2D eigenvalue weighted by Gasteiger charge is 2.56. The molecule has 1 atom stereocenters. The van der Waals surface area contributed by atoms with Gasteiger partial charge in [0, 0.05) is 26.2 Å². The Morgan fingerprint density at radius 2 is 1.57 bits per heavy atom. The summed E-state index contributed by atoms with van der Waals surface area (Å²) < 4.78 is 5.32. The van der Waals surface area contributed by atoms with Gasteiger partial charge < -0.3 is 14.5 Å². The average molecular weight is 474 g/mol. The molecule has 0 N–H and O–H groups in total. The zero-order valence-electron chi connectivity index (χ0n) is 21.3. The summed E-state index contributed by atoms with van der Waals surface area (Å²) in [6.07, 6.45) is 8.13. The van der Waals surface area contributed by atoms with E-state index >= 15 is 0 Å². The Morgan fingerprint density at radius 1 is 0.914 bits per heavy atom. The monoisotopic (exact) mass is 473 g/mol. The number of methoxy groups -OCH3 is 1. The van der Waals surface area contributed by atoms with Crippen molar-refractivity contribution in [1.82, 2.24) is 14.7 Å². The third kappa shape index (κ3) is 4.49. The van der Waals surface area contributed by atoms with E-state index in [1.165, 1.54) is 48.9 Å². The topological polar surface area (TPSA) is 36.0 Å². The summed E-state index contributed by atoms with van der Waals surface area (Å²) in [6, 6.07) is 17.4. The van der Waals surface area contributed by atoms with Crippen molar-refractivity contribution < 1.29 is 9.53 Å². The van der Waals surface area contributed by atoms with Gasteiger partial charge in [0.15, 0.2) is 0 Å². The molecule has 0 radical (unpaired) electrons. The maximum Gasteiger partial charge on any atom is 0.244 e. The number of carbonyl (C=O) groups is 1. The van der Waals surface area contributed by atoms with Gasteiger partial charge in [-0.25, -0.2) is 0 Å². The molecule has 5 heteroatoms. The molecule has 2 aromatic carbocycles. The molecule has 2 saturated carbocycles. The van der Waals surface area contributed by atoms with Crippen molar-refractivity contribution in [2.45, 2.75) is 62.6 Å². The van der Waals surface area contributed by atoms with Crippen molar-refractivity contribution in [2.75, 3.05) is 40.3 Å². The number of amides is 1. The molecule has 2 heterocycles. The van der Waals surface area contributed by atoms with E-state index in [0.29, 0.717) is 5.91 Å². The van der Waals surface area contributed by atoms with Crippen LogP contribution in [-0.4, -0.2) is 66.5 Å². The fourth-order valence-corrected chi connectivity index (χ4v) is 6.34. The molecule has 6 rings (SSSR count). The lowest BCUT2D eigenvalue weighted by Crippen LogP contribution is -2.55. The van der Waals surface area contributed by atoms with Crippen LogP contribution in [0.2, 0.25) is 0 Å². The number of hydrogen-bond donors (Lipinski definition) is 0. The number of carbonyl (C=O) groups excluding carboxylic acids is 1. The Kier molecular flexibility index (Phi) is 6.10. The first-order valence-corrected chi connectivity index (χ1v) is 13.6. The number of hydrogen-bond acceptors (Lipinski definition) is 4. The van der Waals surface area contributed by atoms with Crippen LogP contribution in [0.25, 0.3) is 0 Å². The quantitative estimate of drug-likeness (QED) is 0.550. The lowest BCUT2D eigenvalue weighted by Gasteiger charge is -2.42. The maximum absolute atomic E-state index is 14.2. The van der Waals surface area contributed by atoms with Gasteiger partial charge in [-0.1, -0.05) is 36.4 Å². The van der Waals surface area contributed by atoms with Crippen LogP contribution < -0.4 is 4.74 Å². The first-order valence-electron chi connectivity index (χ1n) is 13.6. The lowest BCUT2D eigenvalue weighted by atomic mass is 9.86. The third-order valence-corrected chi connectivity index (χ3v) is 8.98. The van der Waals surface area contributed by atoms with Gasteiger partial charge in [-0.05, 0) is 92.7 Å². The van der Waals surface area contributed by atoms with Gasteiger partial charge in [-0.2, -0.15) is 0 Å². The van der Waals surface area contributed by atoms with Crippen LogP contribution in [-0.2, 0) is 11.2 Å². The Labute approximate surface area is 210 Å². The summed E-state index contributed by atoms with van der Waals surface area (Å²) in [5.74, 6) is 2.85. The molecular weight excluding hydrogens is 434 g/mol. The molecule has 4 aliphatic rings. The molecule has 4 fully saturated rings. The summed E-state index contributed by atoms with van der Waals surface area (Å²) in [6.45, 7) is 4.03. The van der Waals surface area contributed by atoms with E-state index in [2.05, 4.69) is 58.1 Å². The highest BCUT2D eigenvalue weighted by Crippen LogP contribution is 2.46. The van der Waals surface area contributed by atoms with Gasteiger partial charge >= 0.3 is 0 Å². The highest BCUT2D eigenvalue weighted by molar-refractivity contribution is 5.89. The molecule has 1 spiro atoms. The fraction of sp³-hybridized carbons (Fsp3) is 0.567. The molecule has 2 aromatic rings. The Hall–Kier alpha value is -2.37. The number of likely N-dealkylation sites (N-methyl/N-ethyl adjacent to an activating group) is 1. The van der Waals surface area contributed by atoms with Gasteiger partial charge in [-0.3, -0.25) is 9.69 Å². The minimum atomic E-state index is -0.375. The van der Waals surface area contributed by atoms with Crippen LogP contribution in [0.5, 0.6) is 5.75 Å². The number of piperidine rings is 1. The highest BCUT2D eigenvalue weighted by atomic mass is 16.5. The van der Waals surface area contributed by atoms with Crippen molar-refractivity contribution in [3.63, 3.8) is 0 Å². The zero-order valence-corrected chi connectivity index (χ0v) is 21.3. The molecule has 0 aromatic heterocycles. The lowest BCUT2D eigenvalue weighted by molar-refractivity contribution is -0.135. The summed E-state index contributed by atoms with van der Waals surface area (Å²) in [7, 11) is 3.89. The standard InChI is InChI=1S/C30H39N3O2/c1-31-28(26-11-9-25(10-12-26)24-7-8-24)33(18-15-22-5-13-27(35-2)14-6-22)29(34)30(31)16-19-32(20-17-30)21-23-3-4-23/h5-6,9-14,23-24,28H,3-4,7-8,15-21H2,1-2H3. The molecule has 2 aliphatic carbocycles. The van der Waals surface area contributed by atoms with Crippen molar-refractivity contribution in [3.05, 3.63) is 65.2 Å². The van der Waals surface area contributed by atoms with E-state index in [0.717, 1.165) is 56.5 Å². The molecule has 1 amide bonds. The number of benzene rings is 2. The second kappa shape index (κ2) is 9.25. The number of rotatable bonds is 8. The van der Waals surface area contributed by atoms with E-state index < -0.39 is 0 Å². The van der Waals surface area contributed by atoms with Gasteiger partial charge in [0.05, 0.1) is 7.11 Å². The SMILES string of the molecule is COc1ccc(CCN2C(=O)C3(CCN(CC4CC4)CC3)N(C)C2c2ccc(C3CC3)cc2)cc1. The average Bonchev–Trinajstić information content (AvgIpc) is 3.82. The Morgan fingerprint density at radius 3 is 2.17 bits per heavy atom. The van der Waals surface area contributed by atoms with Gasteiger partial charge in [0.25, 0.3) is 0 Å². The maximum atomic E-state index is 14.2. The fourth-order valence-electron chi connectivity index (χ4n) is 6.34. The van der Waals surface area contributed by atoms with E-state index in [1.54, 1.807) is 7.11 Å². The minimum absolute atomic E-state index is 0.00369. The molecule has 0 bridgehead atoms. The molecule has 35 heavy (non-hydrogen) atoms. The van der Waals surface area contributed by atoms with Crippen molar-refractivity contribution in [2.24, 2.45) is 5.92 Å². The van der Waals surface area contributed by atoms with E-state index in [4.69, 9.17) is 4.74 Å². The number of likely N-dealkylation sites (tertiary alicyclic amines) is 1. The summed E-state index contributed by atoms with van der Waals surface area (Å²) in [4.78, 5) is 21.4. The minimum Gasteiger partial charge on any atom is -0.497 e. The van der Waals surface area contributed by atoms with Crippen LogP contribution >= 0.6 is 0 Å². The van der Waals surface area contributed by atoms with E-state index in [9.17, 15) is 4.79 Å². The molecular formula is C30H39N3O2. The van der Waals surface area contributed by atoms with Crippen LogP contribution in [0.3, 0.4) is 0 Å². The zero-order chi connectivity index (χ0) is 24.0. The molecule has 2 aliphatic heterocycles. The van der Waals surface area contributed by atoms with Crippen molar-refractivity contribution >= 4 is 5.91 Å². The second-order valence-corrected chi connectivity index (χ2v) is 11.3. The van der Waals surface area contributed by atoms with Crippen LogP contribution in [0.4, 0.5) is 0 Å². The summed E-state index contributed by atoms with van der Waals surface area (Å²) in [5.41, 5.74) is 3.56. The van der Waals surface area contributed by atoms with E-state index in [1.807, 2.05) is 12.1 Å². The van der Waals surface area contributed by atoms with Crippen molar-refractivity contribution in [3.8, 4) is 5.75 Å². The normalized spacial score (nSPS) is 24.9. The van der Waals surface area contributed by atoms with Gasteiger partial charge in [0.2, 0.25) is 5.91 Å². The summed E-state index contributed by atoms with van der Waals surface area (Å²) >= 11 is 0. The first-order chi connectivity index (χ1) is 17.1. The van der Waals surface area contributed by atoms with Gasteiger partial charge in [0.1, 0.15) is 17.5 Å². The smallest absolute Gasteiger partial charge is 0.244 e. The number of nitrogens with zero attached hydrogens (tertiary/aromatic N) is 3.